The van der Waals surface area contributed by atoms with Crippen LogP contribution in [0.5, 0.6) is 17.2 Å². The summed E-state index contributed by atoms with van der Waals surface area (Å²) in [5.41, 5.74) is 0.794. The summed E-state index contributed by atoms with van der Waals surface area (Å²) in [5.74, 6) is 3.54. The second-order valence-corrected chi connectivity index (χ2v) is 8.54. The molecule has 0 radical (unpaired) electrons. The molecule has 3 atom stereocenters. The van der Waals surface area contributed by atoms with Gasteiger partial charge in [0.25, 0.3) is 0 Å². The lowest BCUT2D eigenvalue weighted by atomic mass is 10.1. The Kier molecular flexibility index (Phi) is 6.20. The molecular weight excluding hydrogens is 452 g/mol. The number of methoxy groups -OCH3 is 3. The molecule has 0 spiro atoms. The van der Waals surface area contributed by atoms with Gasteiger partial charge in [-0.2, -0.15) is 10.1 Å². The molecule has 2 aromatic rings. The average molecular weight is 483 g/mol. The highest BCUT2D eigenvalue weighted by molar-refractivity contribution is 6.08. The summed E-state index contributed by atoms with van der Waals surface area (Å²) in [6.07, 6.45) is 7.32. The number of anilines is 1. The molecule has 12 nitrogen and oxygen atoms in total. The topological polar surface area (TPSA) is 121 Å². The van der Waals surface area contributed by atoms with Crippen LogP contribution in [0.2, 0.25) is 0 Å². The molecule has 12 heteroatoms. The number of aromatic nitrogens is 2. The number of ether oxygens (including phenoxy) is 3. The van der Waals surface area contributed by atoms with Gasteiger partial charge in [-0.3, -0.25) is 5.01 Å². The first-order valence-corrected chi connectivity index (χ1v) is 11.5. The van der Waals surface area contributed by atoms with Crippen molar-refractivity contribution in [3.05, 3.63) is 24.7 Å². The van der Waals surface area contributed by atoms with Gasteiger partial charge in [0.2, 0.25) is 11.7 Å². The third-order valence-corrected chi connectivity index (χ3v) is 6.54. The van der Waals surface area contributed by atoms with Crippen molar-refractivity contribution in [3.63, 3.8) is 0 Å². The first kappa shape index (κ1) is 23.0. The van der Waals surface area contributed by atoms with Crippen LogP contribution in [0.4, 0.5) is 5.82 Å². The fourth-order valence-electron chi connectivity index (χ4n) is 4.80. The van der Waals surface area contributed by atoms with E-state index in [0.29, 0.717) is 29.0 Å². The molecule has 3 aliphatic rings. The normalized spacial score (nSPS) is 23.2. The van der Waals surface area contributed by atoms with E-state index in [9.17, 15) is 5.11 Å². The van der Waals surface area contributed by atoms with E-state index in [4.69, 9.17) is 24.2 Å². The highest BCUT2D eigenvalue weighted by Crippen LogP contribution is 2.39. The van der Waals surface area contributed by atoms with Crippen molar-refractivity contribution in [2.24, 2.45) is 15.1 Å². The van der Waals surface area contributed by atoms with Gasteiger partial charge in [0.05, 0.1) is 52.1 Å². The van der Waals surface area contributed by atoms with Crippen LogP contribution in [0.1, 0.15) is 12.8 Å². The van der Waals surface area contributed by atoms with Crippen LogP contribution in [-0.4, -0.2) is 102 Å². The third-order valence-electron chi connectivity index (χ3n) is 6.54. The van der Waals surface area contributed by atoms with E-state index in [2.05, 4.69) is 20.3 Å². The number of imidazole rings is 1. The Morgan fingerprint density at radius 2 is 1.91 bits per heavy atom. The molecule has 5 rings (SSSR count). The number of hydrazone groups is 1. The Hall–Kier alpha value is -3.80. The van der Waals surface area contributed by atoms with E-state index in [1.54, 1.807) is 27.7 Å². The Balaban J connectivity index is 1.42. The lowest BCUT2D eigenvalue weighted by molar-refractivity contribution is 0.198. The van der Waals surface area contributed by atoms with Gasteiger partial charge in [-0.05, 0) is 12.8 Å². The molecule has 1 saturated heterocycles. The quantitative estimate of drug-likeness (QED) is 0.630. The van der Waals surface area contributed by atoms with Gasteiger partial charge >= 0.3 is 0 Å². The van der Waals surface area contributed by atoms with Crippen LogP contribution >= 0.6 is 0 Å². The Morgan fingerprint density at radius 1 is 1.14 bits per heavy atom. The number of likely N-dealkylation sites (tertiary alicyclic amines) is 1. The number of nitrogens with one attached hydrogen (secondary N) is 1. The molecule has 0 saturated carbocycles. The first-order valence-electron chi connectivity index (χ1n) is 11.5. The molecule has 0 aliphatic carbocycles. The minimum atomic E-state index is -0.160. The van der Waals surface area contributed by atoms with Crippen LogP contribution in [0.25, 0.3) is 5.69 Å². The van der Waals surface area contributed by atoms with Gasteiger partial charge in [0, 0.05) is 25.7 Å². The molecule has 1 fully saturated rings. The predicted octanol–water partition coefficient (Wildman–Crippen LogP) is 1.20. The van der Waals surface area contributed by atoms with Crippen LogP contribution in [0.15, 0.2) is 39.7 Å². The molecule has 1 aromatic heterocycles. The number of rotatable bonds is 6. The number of hydrogen-bond donors (Lipinski definition) is 2. The fourth-order valence-corrected chi connectivity index (χ4v) is 4.80. The van der Waals surface area contributed by atoms with Crippen LogP contribution in [0, 0.1) is 0 Å². The second-order valence-electron chi connectivity index (χ2n) is 8.54. The van der Waals surface area contributed by atoms with Gasteiger partial charge < -0.3 is 34.1 Å². The Labute approximate surface area is 203 Å². The van der Waals surface area contributed by atoms with Crippen molar-refractivity contribution in [1.29, 1.82) is 0 Å². The largest absolute Gasteiger partial charge is 0.493 e. The molecule has 3 aliphatic heterocycles. The fraction of sp³-hybridized carbons (Fsp3) is 0.478. The second kappa shape index (κ2) is 9.45. The predicted molar refractivity (Wildman–Crippen MR) is 132 cm³/mol. The summed E-state index contributed by atoms with van der Waals surface area (Å²) >= 11 is 0. The van der Waals surface area contributed by atoms with Crippen LogP contribution < -0.4 is 19.5 Å². The first-order chi connectivity index (χ1) is 17.1. The van der Waals surface area contributed by atoms with Crippen molar-refractivity contribution in [2.75, 3.05) is 46.8 Å². The maximum Gasteiger partial charge on any atom is 0.226 e. The molecule has 4 heterocycles. The minimum Gasteiger partial charge on any atom is -0.493 e. The van der Waals surface area contributed by atoms with E-state index < -0.39 is 0 Å². The molecule has 0 bridgehead atoms. The maximum absolute atomic E-state index is 9.87. The summed E-state index contributed by atoms with van der Waals surface area (Å²) in [5, 5.41) is 19.4. The van der Waals surface area contributed by atoms with Gasteiger partial charge in [-0.15, -0.1) is 0 Å². The van der Waals surface area contributed by atoms with Crippen LogP contribution in [0.3, 0.4) is 0 Å². The zero-order chi connectivity index (χ0) is 24.5. The molecule has 2 N–H and O–H groups in total. The highest BCUT2D eigenvalue weighted by Gasteiger charge is 2.41. The zero-order valence-corrected chi connectivity index (χ0v) is 20.2. The van der Waals surface area contributed by atoms with Gasteiger partial charge in [-0.25, -0.2) is 9.98 Å². The van der Waals surface area contributed by atoms with Crippen LogP contribution in [-0.2, 0) is 0 Å². The molecule has 186 valence electrons. The van der Waals surface area contributed by atoms with E-state index in [0.717, 1.165) is 30.9 Å². The highest BCUT2D eigenvalue weighted by atomic mass is 16.5. The maximum atomic E-state index is 9.87. The summed E-state index contributed by atoms with van der Waals surface area (Å²) < 4.78 is 18.2. The molecule has 2 unspecified atom stereocenters. The number of fused-ring (bicyclic) bond motifs is 1. The number of guanidine groups is 1. The average Bonchev–Trinajstić information content (AvgIpc) is 3.63. The number of aliphatic imine (C=N–C) groups is 2. The number of benzene rings is 1. The number of likely N-dealkylation sites (N-methyl/N-ethyl adjacent to an activating group) is 1. The summed E-state index contributed by atoms with van der Waals surface area (Å²) in [6, 6.07) is 3.51. The number of hydrogen-bond acceptors (Lipinski definition) is 11. The van der Waals surface area contributed by atoms with Crippen molar-refractivity contribution >= 4 is 23.8 Å². The Morgan fingerprint density at radius 3 is 2.60 bits per heavy atom. The molecule has 35 heavy (non-hydrogen) atoms. The molecular formula is C23H30N8O4. The third kappa shape index (κ3) is 4.14. The number of aliphatic hydroxyl groups excluding tert-OH is 1. The van der Waals surface area contributed by atoms with E-state index >= 15 is 0 Å². The lowest BCUT2D eigenvalue weighted by Crippen LogP contribution is -2.53. The smallest absolute Gasteiger partial charge is 0.226 e. The minimum absolute atomic E-state index is 0.0574. The monoisotopic (exact) mass is 482 g/mol. The number of nitrogens with zero attached hydrogens (tertiary/aromatic N) is 7. The van der Waals surface area contributed by atoms with E-state index in [1.807, 2.05) is 41.2 Å². The van der Waals surface area contributed by atoms with Gasteiger partial charge in [0.1, 0.15) is 24.2 Å². The van der Waals surface area contributed by atoms with Crippen molar-refractivity contribution in [1.82, 2.24) is 19.5 Å². The summed E-state index contributed by atoms with van der Waals surface area (Å²) in [7, 11) is 6.66. The molecule has 0 amide bonds. The summed E-state index contributed by atoms with van der Waals surface area (Å²) in [6.45, 7) is 0.949. The Bertz CT molecular complexity index is 1150. The molecule has 1 aromatic carbocycles. The number of aliphatic hydroxyl groups is 1. The van der Waals surface area contributed by atoms with Crippen molar-refractivity contribution in [2.45, 2.75) is 31.0 Å². The van der Waals surface area contributed by atoms with Crippen molar-refractivity contribution < 1.29 is 19.3 Å². The standard InChI is InChI=1S/C23H30N8O4/c1-29-20-16(10-25-29)26-23(28-22(20)31-7-5-6-14(31)12-32)27-19-11-30(13-24-19)15-8-17(33-2)21(35-4)18(9-15)34-3/h8-11,13-14,16,20,32H,5-7,12H2,1-4H3,(H,26,27)/t14-,16?,20?/m0/s1. The van der Waals surface area contributed by atoms with Crippen molar-refractivity contribution in [3.8, 4) is 22.9 Å². The lowest BCUT2D eigenvalue weighted by Gasteiger charge is -2.35. The van der Waals surface area contributed by atoms with Gasteiger partial charge in [-0.1, -0.05) is 0 Å². The van der Waals surface area contributed by atoms with E-state index in [-0.39, 0.29) is 24.7 Å². The SMILES string of the molecule is COc1cc(-n2cnc(NC3=NC4C=NN(C)C4C(N4CCC[C@H]4CO)=N3)c2)cc(OC)c1OC. The van der Waals surface area contributed by atoms with Gasteiger partial charge in [0.15, 0.2) is 17.3 Å². The number of amidine groups is 1. The zero-order valence-electron chi connectivity index (χ0n) is 20.2. The summed E-state index contributed by atoms with van der Waals surface area (Å²) in [4.78, 5) is 16.3. The van der Waals surface area contributed by atoms with E-state index in [1.165, 1.54) is 0 Å².